The first-order chi connectivity index (χ1) is 16.5. The Morgan fingerprint density at radius 2 is 1.82 bits per heavy atom. The van der Waals surface area contributed by atoms with Gasteiger partial charge in [0, 0.05) is 29.5 Å². The minimum atomic E-state index is -0.400. The highest BCUT2D eigenvalue weighted by molar-refractivity contribution is 7.98. The smallest absolute Gasteiger partial charge is 0.269 e. The summed E-state index contributed by atoms with van der Waals surface area (Å²) in [5.74, 6) is 1.88. The topological polar surface area (TPSA) is 112 Å². The van der Waals surface area contributed by atoms with Gasteiger partial charge in [0.05, 0.1) is 18.6 Å². The zero-order valence-electron chi connectivity index (χ0n) is 19.0. The molecule has 1 amide bonds. The molecule has 4 rings (SSSR count). The summed E-state index contributed by atoms with van der Waals surface area (Å²) < 4.78 is 7.32. The van der Waals surface area contributed by atoms with Crippen molar-refractivity contribution in [2.24, 2.45) is 0 Å². The molecule has 1 aromatic heterocycles. The summed E-state index contributed by atoms with van der Waals surface area (Å²) in [6.45, 7) is 0.284. The van der Waals surface area contributed by atoms with Crippen molar-refractivity contribution in [3.05, 3.63) is 75.6 Å². The number of hydrogen-bond donors (Lipinski definition) is 1. The van der Waals surface area contributed by atoms with Crippen LogP contribution in [0.3, 0.4) is 0 Å². The number of benzene rings is 2. The summed E-state index contributed by atoms with van der Waals surface area (Å²) in [5.41, 5.74) is 1.61. The van der Waals surface area contributed by atoms with Crippen LogP contribution in [-0.2, 0) is 12.3 Å². The number of non-ortho nitro benzene ring substituents is 1. The Morgan fingerprint density at radius 3 is 2.47 bits per heavy atom. The normalized spacial score (nSPS) is 14.0. The number of aromatic nitrogens is 3. The molecule has 2 aromatic carbocycles. The molecule has 0 unspecified atom stereocenters. The quantitative estimate of drug-likeness (QED) is 0.262. The van der Waals surface area contributed by atoms with Crippen molar-refractivity contribution in [1.29, 1.82) is 0 Å². The molecule has 1 saturated carbocycles. The zero-order chi connectivity index (χ0) is 23.9. The predicted octanol–water partition coefficient (Wildman–Crippen LogP) is 4.92. The Hall–Kier alpha value is -3.40. The van der Waals surface area contributed by atoms with Gasteiger partial charge < -0.3 is 14.6 Å². The summed E-state index contributed by atoms with van der Waals surface area (Å²) in [5, 5.41) is 23.5. The SMILES string of the molecule is COc1ccc(C(=O)NCc2nnc(SCc3ccc([N+](=O)[O-])cc3)n2C2CCCCC2)cc1. The Kier molecular flexibility index (Phi) is 7.79. The average Bonchev–Trinajstić information content (AvgIpc) is 3.29. The lowest BCUT2D eigenvalue weighted by Crippen LogP contribution is -2.26. The number of carbonyl (C=O) groups excluding carboxylic acids is 1. The van der Waals surface area contributed by atoms with Crippen molar-refractivity contribution in [3.63, 3.8) is 0 Å². The first kappa shape index (κ1) is 23.7. The number of thioether (sulfide) groups is 1. The summed E-state index contributed by atoms with van der Waals surface area (Å²) >= 11 is 1.56. The number of carbonyl (C=O) groups is 1. The van der Waals surface area contributed by atoms with Gasteiger partial charge in [-0.15, -0.1) is 10.2 Å². The van der Waals surface area contributed by atoms with E-state index in [9.17, 15) is 14.9 Å². The molecular formula is C24H27N5O4S. The Morgan fingerprint density at radius 1 is 1.12 bits per heavy atom. The van der Waals surface area contributed by atoms with E-state index in [0.29, 0.717) is 23.1 Å². The molecule has 0 radical (unpaired) electrons. The summed E-state index contributed by atoms with van der Waals surface area (Å²) in [7, 11) is 1.59. The molecule has 10 heteroatoms. The Balaban J connectivity index is 1.47. The third kappa shape index (κ3) is 5.74. The number of amides is 1. The van der Waals surface area contributed by atoms with Crippen molar-refractivity contribution in [2.75, 3.05) is 7.11 Å². The maximum atomic E-state index is 12.6. The standard InChI is InChI=1S/C24H27N5O4S/c1-33-21-13-9-18(10-14-21)23(30)25-15-22-26-27-24(28(22)19-5-3-2-4-6-19)34-16-17-7-11-20(12-8-17)29(31)32/h7-14,19H,2-6,15-16H2,1H3,(H,25,30). The fourth-order valence-electron chi connectivity index (χ4n) is 4.10. The highest BCUT2D eigenvalue weighted by Crippen LogP contribution is 2.33. The Labute approximate surface area is 202 Å². The third-order valence-corrected chi connectivity index (χ3v) is 6.96. The molecule has 0 saturated heterocycles. The third-order valence-electron chi connectivity index (χ3n) is 5.95. The monoisotopic (exact) mass is 481 g/mol. The van der Waals surface area contributed by atoms with E-state index in [-0.39, 0.29) is 18.1 Å². The molecule has 1 fully saturated rings. The van der Waals surface area contributed by atoms with Crippen LogP contribution in [0, 0.1) is 10.1 Å². The number of nitro benzene ring substituents is 1. The molecule has 1 N–H and O–H groups in total. The summed E-state index contributed by atoms with van der Waals surface area (Å²) in [6.07, 6.45) is 5.67. The van der Waals surface area contributed by atoms with Gasteiger partial charge in [0.1, 0.15) is 5.75 Å². The maximum Gasteiger partial charge on any atom is 0.269 e. The highest BCUT2D eigenvalue weighted by atomic mass is 32.2. The number of nitro groups is 1. The summed E-state index contributed by atoms with van der Waals surface area (Å²) in [4.78, 5) is 23.1. The minimum absolute atomic E-state index is 0.0778. The molecule has 34 heavy (non-hydrogen) atoms. The molecule has 1 aliphatic rings. The van der Waals surface area contributed by atoms with Crippen LogP contribution >= 0.6 is 11.8 Å². The van der Waals surface area contributed by atoms with Gasteiger partial charge >= 0.3 is 0 Å². The van der Waals surface area contributed by atoms with E-state index < -0.39 is 4.92 Å². The van der Waals surface area contributed by atoms with Crippen LogP contribution in [0.1, 0.15) is 59.9 Å². The molecule has 1 heterocycles. The number of ether oxygens (including phenoxy) is 1. The number of nitrogens with zero attached hydrogens (tertiary/aromatic N) is 4. The van der Waals surface area contributed by atoms with Crippen LogP contribution in [0.2, 0.25) is 0 Å². The molecule has 0 spiro atoms. The van der Waals surface area contributed by atoms with Gasteiger partial charge in [0.2, 0.25) is 0 Å². The minimum Gasteiger partial charge on any atom is -0.497 e. The second kappa shape index (κ2) is 11.1. The van der Waals surface area contributed by atoms with Crippen molar-refractivity contribution < 1.29 is 14.5 Å². The average molecular weight is 482 g/mol. The molecule has 178 valence electrons. The fourth-order valence-corrected chi connectivity index (χ4v) is 5.08. The van der Waals surface area contributed by atoms with Crippen LogP contribution < -0.4 is 10.1 Å². The van der Waals surface area contributed by atoms with Gasteiger partial charge in [-0.3, -0.25) is 14.9 Å². The molecular weight excluding hydrogens is 454 g/mol. The number of rotatable bonds is 9. The van der Waals surface area contributed by atoms with E-state index in [1.54, 1.807) is 55.3 Å². The van der Waals surface area contributed by atoms with Crippen molar-refractivity contribution in [3.8, 4) is 5.75 Å². The summed E-state index contributed by atoms with van der Waals surface area (Å²) in [6, 6.07) is 13.8. The fraction of sp³-hybridized carbons (Fsp3) is 0.375. The van der Waals surface area contributed by atoms with E-state index >= 15 is 0 Å². The van der Waals surface area contributed by atoms with Crippen molar-refractivity contribution in [1.82, 2.24) is 20.1 Å². The largest absolute Gasteiger partial charge is 0.497 e. The van der Waals surface area contributed by atoms with E-state index in [1.807, 2.05) is 0 Å². The lowest BCUT2D eigenvalue weighted by Gasteiger charge is -2.25. The van der Waals surface area contributed by atoms with E-state index in [1.165, 1.54) is 18.6 Å². The van der Waals surface area contributed by atoms with Gasteiger partial charge in [0.15, 0.2) is 11.0 Å². The highest BCUT2D eigenvalue weighted by Gasteiger charge is 2.23. The second-order valence-corrected chi connectivity index (χ2v) is 9.13. The van der Waals surface area contributed by atoms with Gasteiger partial charge in [-0.05, 0) is 42.7 Å². The first-order valence-electron chi connectivity index (χ1n) is 11.3. The van der Waals surface area contributed by atoms with Crippen molar-refractivity contribution >= 4 is 23.4 Å². The van der Waals surface area contributed by atoms with Crippen LogP contribution in [0.15, 0.2) is 53.7 Å². The molecule has 3 aromatic rings. The Bertz CT molecular complexity index is 1130. The van der Waals surface area contributed by atoms with Crippen LogP contribution in [-0.4, -0.2) is 32.7 Å². The lowest BCUT2D eigenvalue weighted by molar-refractivity contribution is -0.384. The first-order valence-corrected chi connectivity index (χ1v) is 12.3. The van der Waals surface area contributed by atoms with Crippen molar-refractivity contribution in [2.45, 2.75) is 55.6 Å². The molecule has 0 bridgehead atoms. The van der Waals surface area contributed by atoms with Crippen LogP contribution in [0.4, 0.5) is 5.69 Å². The van der Waals surface area contributed by atoms with E-state index in [2.05, 4.69) is 20.1 Å². The number of nitrogens with one attached hydrogen (secondary N) is 1. The van der Waals surface area contributed by atoms with Gasteiger partial charge in [-0.2, -0.15) is 0 Å². The number of methoxy groups -OCH3 is 1. The van der Waals surface area contributed by atoms with E-state index in [4.69, 9.17) is 4.74 Å². The predicted molar refractivity (Wildman–Crippen MR) is 129 cm³/mol. The molecule has 1 aliphatic carbocycles. The molecule has 0 atom stereocenters. The second-order valence-electron chi connectivity index (χ2n) is 8.18. The van der Waals surface area contributed by atoms with E-state index in [0.717, 1.165) is 42.2 Å². The molecule has 9 nitrogen and oxygen atoms in total. The van der Waals surface area contributed by atoms with Gasteiger partial charge in [0.25, 0.3) is 11.6 Å². The van der Waals surface area contributed by atoms with Crippen LogP contribution in [0.25, 0.3) is 0 Å². The maximum absolute atomic E-state index is 12.6. The number of hydrogen-bond acceptors (Lipinski definition) is 7. The zero-order valence-corrected chi connectivity index (χ0v) is 19.8. The van der Waals surface area contributed by atoms with Gasteiger partial charge in [-0.25, -0.2) is 0 Å². The van der Waals surface area contributed by atoms with Gasteiger partial charge in [-0.1, -0.05) is 43.2 Å². The lowest BCUT2D eigenvalue weighted by atomic mass is 9.95. The van der Waals surface area contributed by atoms with Crippen LogP contribution in [0.5, 0.6) is 5.75 Å². The molecule has 0 aliphatic heterocycles.